The van der Waals surface area contributed by atoms with Crippen molar-refractivity contribution in [3.8, 4) is 28.5 Å². The number of fused-ring (bicyclic) bond motifs is 1. The predicted octanol–water partition coefficient (Wildman–Crippen LogP) is 3.93. The van der Waals surface area contributed by atoms with Crippen molar-refractivity contribution in [2.45, 2.75) is 6.92 Å². The standard InChI is InChI=1S/C18H17NO3/c1-11-8-15(19-16-10-13(20)5-6-14(11)16)12-4-7-17(21-2)18(9-12)22-3/h4-10,20H,1-3H3. The van der Waals surface area contributed by atoms with Crippen molar-refractivity contribution in [3.63, 3.8) is 0 Å². The fraction of sp³-hybridized carbons (Fsp3) is 0.167. The third-order valence-corrected chi connectivity index (χ3v) is 3.68. The minimum atomic E-state index is 0.212. The highest BCUT2D eigenvalue weighted by atomic mass is 16.5. The van der Waals surface area contributed by atoms with Gasteiger partial charge in [0.1, 0.15) is 5.75 Å². The molecule has 0 aliphatic heterocycles. The molecular formula is C18H17NO3. The molecule has 3 aromatic rings. The summed E-state index contributed by atoms with van der Waals surface area (Å²) in [5, 5.41) is 10.7. The first-order valence-electron chi connectivity index (χ1n) is 6.95. The number of ether oxygens (including phenoxy) is 2. The van der Waals surface area contributed by atoms with Gasteiger partial charge < -0.3 is 14.6 Å². The quantitative estimate of drug-likeness (QED) is 0.795. The number of phenols is 1. The first kappa shape index (κ1) is 14.2. The Kier molecular flexibility index (Phi) is 3.59. The Labute approximate surface area is 129 Å². The number of benzene rings is 2. The van der Waals surface area contributed by atoms with Crippen molar-refractivity contribution in [1.82, 2.24) is 4.98 Å². The minimum absolute atomic E-state index is 0.212. The van der Waals surface area contributed by atoms with Gasteiger partial charge in [-0.05, 0) is 48.9 Å². The van der Waals surface area contributed by atoms with Crippen molar-refractivity contribution in [2.24, 2.45) is 0 Å². The largest absolute Gasteiger partial charge is 0.508 e. The molecule has 0 atom stereocenters. The van der Waals surface area contributed by atoms with Gasteiger partial charge in [-0.1, -0.05) is 0 Å². The van der Waals surface area contributed by atoms with Crippen molar-refractivity contribution >= 4 is 10.9 Å². The fourth-order valence-electron chi connectivity index (χ4n) is 2.53. The van der Waals surface area contributed by atoms with Gasteiger partial charge in [-0.25, -0.2) is 4.98 Å². The molecule has 0 radical (unpaired) electrons. The number of hydrogen-bond donors (Lipinski definition) is 1. The second kappa shape index (κ2) is 5.56. The SMILES string of the molecule is COc1ccc(-c2cc(C)c3ccc(O)cc3n2)cc1OC. The van der Waals surface area contributed by atoms with E-state index in [0.29, 0.717) is 11.5 Å². The third-order valence-electron chi connectivity index (χ3n) is 3.68. The molecule has 0 aliphatic rings. The Bertz CT molecular complexity index is 843. The summed E-state index contributed by atoms with van der Waals surface area (Å²) in [6, 6.07) is 13.0. The summed E-state index contributed by atoms with van der Waals surface area (Å²) in [4.78, 5) is 4.64. The number of aryl methyl sites for hydroxylation is 1. The number of phenolic OH excluding ortho intramolecular Hbond substituents is 1. The lowest BCUT2D eigenvalue weighted by Crippen LogP contribution is -1.93. The van der Waals surface area contributed by atoms with E-state index in [4.69, 9.17) is 9.47 Å². The molecule has 4 heteroatoms. The van der Waals surface area contributed by atoms with Crippen LogP contribution in [-0.4, -0.2) is 24.3 Å². The molecule has 1 aromatic heterocycles. The van der Waals surface area contributed by atoms with Gasteiger partial charge in [0.15, 0.2) is 11.5 Å². The van der Waals surface area contributed by atoms with Crippen LogP contribution in [0, 0.1) is 6.92 Å². The molecule has 0 spiro atoms. The van der Waals surface area contributed by atoms with E-state index in [-0.39, 0.29) is 5.75 Å². The van der Waals surface area contributed by atoms with Gasteiger partial charge in [0.25, 0.3) is 0 Å². The summed E-state index contributed by atoms with van der Waals surface area (Å²) in [7, 11) is 3.22. The molecule has 0 bridgehead atoms. The smallest absolute Gasteiger partial charge is 0.161 e. The second-order valence-electron chi connectivity index (χ2n) is 5.10. The number of methoxy groups -OCH3 is 2. The average molecular weight is 295 g/mol. The van der Waals surface area contributed by atoms with Crippen LogP contribution in [0.4, 0.5) is 0 Å². The monoisotopic (exact) mass is 295 g/mol. The molecule has 0 saturated carbocycles. The normalized spacial score (nSPS) is 10.7. The molecule has 0 aliphatic carbocycles. The first-order chi connectivity index (χ1) is 10.6. The minimum Gasteiger partial charge on any atom is -0.508 e. The maximum absolute atomic E-state index is 9.66. The van der Waals surface area contributed by atoms with Crippen LogP contribution >= 0.6 is 0 Å². The van der Waals surface area contributed by atoms with Crippen LogP contribution in [0.3, 0.4) is 0 Å². The Morgan fingerprint density at radius 2 is 1.68 bits per heavy atom. The molecule has 0 saturated heterocycles. The number of hydrogen-bond acceptors (Lipinski definition) is 4. The van der Waals surface area contributed by atoms with Crippen molar-refractivity contribution in [1.29, 1.82) is 0 Å². The molecule has 0 amide bonds. The van der Waals surface area contributed by atoms with E-state index in [1.807, 2.05) is 37.3 Å². The number of rotatable bonds is 3. The van der Waals surface area contributed by atoms with Gasteiger partial charge in [-0.15, -0.1) is 0 Å². The van der Waals surface area contributed by atoms with E-state index < -0.39 is 0 Å². The van der Waals surface area contributed by atoms with Gasteiger partial charge >= 0.3 is 0 Å². The van der Waals surface area contributed by atoms with Crippen LogP contribution in [-0.2, 0) is 0 Å². The number of pyridine rings is 1. The lowest BCUT2D eigenvalue weighted by Gasteiger charge is -2.11. The maximum Gasteiger partial charge on any atom is 0.161 e. The van der Waals surface area contributed by atoms with E-state index in [9.17, 15) is 5.11 Å². The van der Waals surface area contributed by atoms with Gasteiger partial charge in [-0.2, -0.15) is 0 Å². The van der Waals surface area contributed by atoms with E-state index in [0.717, 1.165) is 27.7 Å². The van der Waals surface area contributed by atoms with Crippen LogP contribution in [0.2, 0.25) is 0 Å². The number of nitrogens with zero attached hydrogens (tertiary/aromatic N) is 1. The zero-order valence-electron chi connectivity index (χ0n) is 12.8. The molecule has 22 heavy (non-hydrogen) atoms. The van der Waals surface area contributed by atoms with Gasteiger partial charge in [-0.3, -0.25) is 0 Å². The van der Waals surface area contributed by atoms with Crippen LogP contribution in [0.5, 0.6) is 17.2 Å². The van der Waals surface area contributed by atoms with E-state index >= 15 is 0 Å². The first-order valence-corrected chi connectivity index (χ1v) is 6.95. The molecule has 2 aromatic carbocycles. The molecule has 1 N–H and O–H groups in total. The molecule has 4 nitrogen and oxygen atoms in total. The summed E-state index contributed by atoms with van der Waals surface area (Å²) < 4.78 is 10.6. The van der Waals surface area contributed by atoms with Crippen molar-refractivity contribution < 1.29 is 14.6 Å². The van der Waals surface area contributed by atoms with Gasteiger partial charge in [0, 0.05) is 17.0 Å². The van der Waals surface area contributed by atoms with Crippen LogP contribution < -0.4 is 9.47 Å². The van der Waals surface area contributed by atoms with Crippen LogP contribution in [0.1, 0.15) is 5.56 Å². The third kappa shape index (κ3) is 2.44. The fourth-order valence-corrected chi connectivity index (χ4v) is 2.53. The lowest BCUT2D eigenvalue weighted by molar-refractivity contribution is 0.355. The molecular weight excluding hydrogens is 278 g/mol. The van der Waals surface area contributed by atoms with Gasteiger partial charge in [0.2, 0.25) is 0 Å². The maximum atomic E-state index is 9.66. The Hall–Kier alpha value is -2.75. The molecule has 0 fully saturated rings. The zero-order valence-corrected chi connectivity index (χ0v) is 12.8. The van der Waals surface area contributed by atoms with Crippen LogP contribution in [0.25, 0.3) is 22.2 Å². The molecule has 0 unspecified atom stereocenters. The summed E-state index contributed by atoms with van der Waals surface area (Å²) in [5.74, 6) is 1.56. The van der Waals surface area contributed by atoms with Crippen molar-refractivity contribution in [2.75, 3.05) is 14.2 Å². The Morgan fingerprint density at radius 3 is 2.41 bits per heavy atom. The number of aromatic nitrogens is 1. The second-order valence-corrected chi connectivity index (χ2v) is 5.10. The van der Waals surface area contributed by atoms with Gasteiger partial charge in [0.05, 0.1) is 25.4 Å². The molecule has 1 heterocycles. The molecule has 112 valence electrons. The Morgan fingerprint density at radius 1 is 0.909 bits per heavy atom. The zero-order chi connectivity index (χ0) is 15.7. The summed E-state index contributed by atoms with van der Waals surface area (Å²) in [5.41, 5.74) is 3.64. The summed E-state index contributed by atoms with van der Waals surface area (Å²) in [6.45, 7) is 2.03. The topological polar surface area (TPSA) is 51.6 Å². The van der Waals surface area contributed by atoms with E-state index in [2.05, 4.69) is 4.98 Å². The highest BCUT2D eigenvalue weighted by Crippen LogP contribution is 2.33. The number of aromatic hydroxyl groups is 1. The average Bonchev–Trinajstić information content (AvgIpc) is 2.53. The Balaban J connectivity index is 2.17. The highest BCUT2D eigenvalue weighted by Gasteiger charge is 2.09. The molecule has 3 rings (SSSR count). The van der Waals surface area contributed by atoms with Crippen molar-refractivity contribution in [3.05, 3.63) is 48.0 Å². The van der Waals surface area contributed by atoms with E-state index in [1.54, 1.807) is 26.4 Å². The summed E-state index contributed by atoms with van der Waals surface area (Å²) >= 11 is 0. The predicted molar refractivity (Wildman–Crippen MR) is 86.7 cm³/mol. The lowest BCUT2D eigenvalue weighted by atomic mass is 10.0. The summed E-state index contributed by atoms with van der Waals surface area (Å²) in [6.07, 6.45) is 0. The van der Waals surface area contributed by atoms with E-state index in [1.165, 1.54) is 0 Å². The van der Waals surface area contributed by atoms with Crippen LogP contribution in [0.15, 0.2) is 42.5 Å². The highest BCUT2D eigenvalue weighted by molar-refractivity contribution is 5.86.